The van der Waals surface area contributed by atoms with Crippen LogP contribution in [0.4, 0.5) is 5.69 Å². The van der Waals surface area contributed by atoms with E-state index in [2.05, 4.69) is 52.0 Å². The van der Waals surface area contributed by atoms with Gasteiger partial charge in [0.2, 0.25) is 0 Å². The van der Waals surface area contributed by atoms with Crippen molar-refractivity contribution in [1.29, 1.82) is 0 Å². The summed E-state index contributed by atoms with van der Waals surface area (Å²) in [6.07, 6.45) is 3.46. The van der Waals surface area contributed by atoms with Crippen molar-refractivity contribution in [1.82, 2.24) is 0 Å². The Kier molecular flexibility index (Phi) is 3.89. The third-order valence-corrected chi connectivity index (χ3v) is 3.86. The first kappa shape index (κ1) is 12.7. The van der Waals surface area contributed by atoms with E-state index in [0.29, 0.717) is 0 Å². The Bertz CT molecular complexity index is 438. The van der Waals surface area contributed by atoms with Gasteiger partial charge in [0.1, 0.15) is 0 Å². The van der Waals surface area contributed by atoms with Gasteiger partial charge in [0.05, 0.1) is 0 Å². The number of benzene rings is 1. The average molecular weight is 295 g/mol. The van der Waals surface area contributed by atoms with Crippen molar-refractivity contribution in [3.63, 3.8) is 0 Å². The third kappa shape index (κ3) is 2.90. The smallest absolute Gasteiger partial charge is 0.0386 e. The van der Waals surface area contributed by atoms with E-state index >= 15 is 0 Å². The lowest BCUT2D eigenvalue weighted by Crippen LogP contribution is -2.29. The Hall–Kier alpha value is -0.800. The van der Waals surface area contributed by atoms with Crippen molar-refractivity contribution in [2.24, 2.45) is 5.73 Å². The highest BCUT2D eigenvalue weighted by Crippen LogP contribution is 2.28. The Balaban J connectivity index is 2.23. The summed E-state index contributed by atoms with van der Waals surface area (Å²) in [6.45, 7) is 6.33. The van der Waals surface area contributed by atoms with E-state index in [1.165, 1.54) is 11.3 Å². The van der Waals surface area contributed by atoms with E-state index in [-0.39, 0.29) is 6.04 Å². The summed E-state index contributed by atoms with van der Waals surface area (Å²) in [5.74, 6) is 0. The van der Waals surface area contributed by atoms with Crippen LogP contribution in [0.5, 0.6) is 0 Å². The van der Waals surface area contributed by atoms with E-state index < -0.39 is 0 Å². The van der Waals surface area contributed by atoms with Gasteiger partial charge in [-0.3, -0.25) is 0 Å². The lowest BCUT2D eigenvalue weighted by molar-refractivity contribution is 0.785. The zero-order chi connectivity index (χ0) is 12.4. The second kappa shape index (κ2) is 5.23. The molecule has 0 saturated heterocycles. The van der Waals surface area contributed by atoms with Crippen LogP contribution in [-0.2, 0) is 0 Å². The van der Waals surface area contributed by atoms with E-state index in [1.54, 1.807) is 0 Å². The lowest BCUT2D eigenvalue weighted by atomic mass is 10.1. The summed E-state index contributed by atoms with van der Waals surface area (Å²) >= 11 is 3.61. The molecule has 0 aliphatic carbocycles. The Morgan fingerprint density at radius 3 is 2.76 bits per heavy atom. The molecule has 1 atom stereocenters. The fraction of sp³-hybridized carbons (Fsp3) is 0.429. The summed E-state index contributed by atoms with van der Waals surface area (Å²) in [5.41, 5.74) is 9.80. The Morgan fingerprint density at radius 2 is 2.18 bits per heavy atom. The molecule has 17 heavy (non-hydrogen) atoms. The average Bonchev–Trinajstić information content (AvgIpc) is 2.28. The second-order valence-electron chi connectivity index (χ2n) is 4.76. The first-order valence-electron chi connectivity index (χ1n) is 6.03. The zero-order valence-corrected chi connectivity index (χ0v) is 12.0. The molecule has 2 nitrogen and oxygen atoms in total. The molecule has 2 rings (SSSR count). The minimum absolute atomic E-state index is 0.0708. The molecule has 0 unspecified atom stereocenters. The van der Waals surface area contributed by atoms with Crippen LogP contribution in [0, 0.1) is 0 Å². The fourth-order valence-corrected chi connectivity index (χ4v) is 2.94. The Morgan fingerprint density at radius 1 is 1.41 bits per heavy atom. The van der Waals surface area contributed by atoms with Crippen LogP contribution < -0.4 is 10.6 Å². The van der Waals surface area contributed by atoms with Crippen LogP contribution in [0.1, 0.15) is 31.9 Å². The predicted octanol–water partition coefficient (Wildman–Crippen LogP) is 3.63. The van der Waals surface area contributed by atoms with Crippen LogP contribution in [-0.4, -0.2) is 13.1 Å². The monoisotopic (exact) mass is 294 g/mol. The summed E-state index contributed by atoms with van der Waals surface area (Å²) in [6, 6.07) is 6.54. The van der Waals surface area contributed by atoms with E-state index in [0.717, 1.165) is 29.5 Å². The number of anilines is 1. The van der Waals surface area contributed by atoms with E-state index in [9.17, 15) is 0 Å². The van der Waals surface area contributed by atoms with Gasteiger partial charge in [0.25, 0.3) is 0 Å². The normalized spacial score (nSPS) is 17.9. The van der Waals surface area contributed by atoms with E-state index in [1.807, 2.05) is 6.92 Å². The molecule has 2 N–H and O–H groups in total. The van der Waals surface area contributed by atoms with Crippen LogP contribution in [0.3, 0.4) is 0 Å². The van der Waals surface area contributed by atoms with Crippen molar-refractivity contribution in [2.45, 2.75) is 26.3 Å². The predicted molar refractivity (Wildman–Crippen MR) is 77.3 cm³/mol. The summed E-state index contributed by atoms with van der Waals surface area (Å²) in [7, 11) is 0. The summed E-state index contributed by atoms with van der Waals surface area (Å²) < 4.78 is 1.11. The molecule has 0 bridgehead atoms. The largest absolute Gasteiger partial charge is 0.367 e. The molecule has 0 aromatic heterocycles. The highest BCUT2D eigenvalue weighted by atomic mass is 79.9. The Labute approximate surface area is 112 Å². The molecule has 0 saturated carbocycles. The molecule has 0 amide bonds. The highest BCUT2D eigenvalue weighted by Gasteiger charge is 2.13. The molecule has 3 heteroatoms. The third-order valence-electron chi connectivity index (χ3n) is 3.17. The number of nitrogens with zero attached hydrogens (tertiary/aromatic N) is 1. The van der Waals surface area contributed by atoms with Gasteiger partial charge in [-0.2, -0.15) is 0 Å². The highest BCUT2D eigenvalue weighted by molar-refractivity contribution is 9.10. The topological polar surface area (TPSA) is 29.3 Å². The maximum absolute atomic E-state index is 5.91. The SMILES string of the molecule is CC1=CCCN(c2ccc([C@H](C)N)c(Br)c2)C1. The first-order valence-corrected chi connectivity index (χ1v) is 6.83. The number of nitrogens with two attached hydrogens (primary N) is 1. The quantitative estimate of drug-likeness (QED) is 0.844. The lowest BCUT2D eigenvalue weighted by Gasteiger charge is -2.29. The maximum atomic E-state index is 5.91. The summed E-state index contributed by atoms with van der Waals surface area (Å²) in [4.78, 5) is 2.41. The van der Waals surface area contributed by atoms with Gasteiger partial charge in [-0.25, -0.2) is 0 Å². The van der Waals surface area contributed by atoms with Crippen molar-refractivity contribution in [3.05, 3.63) is 39.9 Å². The van der Waals surface area contributed by atoms with Gasteiger partial charge in [0.15, 0.2) is 0 Å². The minimum atomic E-state index is 0.0708. The van der Waals surface area contributed by atoms with Gasteiger partial charge in [-0.1, -0.05) is 33.6 Å². The van der Waals surface area contributed by atoms with Gasteiger partial charge in [-0.15, -0.1) is 0 Å². The van der Waals surface area contributed by atoms with Crippen molar-refractivity contribution >= 4 is 21.6 Å². The van der Waals surface area contributed by atoms with Crippen molar-refractivity contribution in [3.8, 4) is 0 Å². The van der Waals surface area contributed by atoms with E-state index in [4.69, 9.17) is 5.73 Å². The van der Waals surface area contributed by atoms with Crippen LogP contribution >= 0.6 is 15.9 Å². The molecular formula is C14H19BrN2. The molecule has 1 aliphatic rings. The van der Waals surface area contributed by atoms with Gasteiger partial charge in [0, 0.05) is 29.3 Å². The molecule has 1 aliphatic heterocycles. The second-order valence-corrected chi connectivity index (χ2v) is 5.61. The van der Waals surface area contributed by atoms with Gasteiger partial charge < -0.3 is 10.6 Å². The molecular weight excluding hydrogens is 276 g/mol. The molecule has 0 spiro atoms. The maximum Gasteiger partial charge on any atom is 0.0386 e. The van der Waals surface area contributed by atoms with Gasteiger partial charge >= 0.3 is 0 Å². The van der Waals surface area contributed by atoms with Crippen molar-refractivity contribution in [2.75, 3.05) is 18.0 Å². The first-order chi connectivity index (χ1) is 8.08. The fourth-order valence-electron chi connectivity index (χ4n) is 2.21. The molecule has 92 valence electrons. The molecule has 0 radical (unpaired) electrons. The number of halogens is 1. The van der Waals surface area contributed by atoms with Crippen LogP contribution in [0.15, 0.2) is 34.3 Å². The number of hydrogen-bond donors (Lipinski definition) is 1. The van der Waals surface area contributed by atoms with Crippen LogP contribution in [0.2, 0.25) is 0 Å². The zero-order valence-electron chi connectivity index (χ0n) is 10.4. The standard InChI is InChI=1S/C14H19BrN2/c1-10-4-3-7-17(9-10)12-5-6-13(11(2)16)14(15)8-12/h4-6,8,11H,3,7,9,16H2,1-2H3/t11-/m0/s1. The van der Waals surface area contributed by atoms with Crippen LogP contribution in [0.25, 0.3) is 0 Å². The molecule has 0 fully saturated rings. The molecule has 1 aromatic carbocycles. The molecule has 1 heterocycles. The number of rotatable bonds is 2. The summed E-state index contributed by atoms with van der Waals surface area (Å²) in [5, 5.41) is 0. The molecule has 1 aromatic rings. The number of hydrogen-bond acceptors (Lipinski definition) is 2. The minimum Gasteiger partial charge on any atom is -0.367 e. The van der Waals surface area contributed by atoms with Gasteiger partial charge in [-0.05, 0) is 38.0 Å². The van der Waals surface area contributed by atoms with Crippen molar-refractivity contribution < 1.29 is 0 Å².